The number of anilines is 1. The Balaban J connectivity index is 1.93. The van der Waals surface area contributed by atoms with Crippen molar-refractivity contribution in [3.63, 3.8) is 0 Å². The highest BCUT2D eigenvalue weighted by molar-refractivity contribution is 5.85. The summed E-state index contributed by atoms with van der Waals surface area (Å²) in [5.74, 6) is 0.614. The summed E-state index contributed by atoms with van der Waals surface area (Å²) >= 11 is 0. The molecule has 2 rings (SSSR count). The smallest absolute Gasteiger partial charge is 0.239 e. The summed E-state index contributed by atoms with van der Waals surface area (Å²) in [6.45, 7) is 14.9. The van der Waals surface area contributed by atoms with Crippen molar-refractivity contribution in [3.05, 3.63) is 29.8 Å². The van der Waals surface area contributed by atoms with Gasteiger partial charge >= 0.3 is 0 Å². The number of benzene rings is 1. The Morgan fingerprint density at radius 1 is 1.22 bits per heavy atom. The lowest BCUT2D eigenvalue weighted by Gasteiger charge is -2.43. The van der Waals surface area contributed by atoms with Crippen LogP contribution < -0.4 is 10.2 Å². The second-order valence-electron chi connectivity index (χ2n) is 7.48. The van der Waals surface area contributed by atoms with Crippen molar-refractivity contribution in [1.82, 2.24) is 10.2 Å². The number of hydrogen-bond acceptors (Lipinski definition) is 3. The summed E-state index contributed by atoms with van der Waals surface area (Å²) in [5.41, 5.74) is 2.12. The van der Waals surface area contributed by atoms with E-state index < -0.39 is 5.54 Å². The standard InChI is InChI=1S/C19H31N3O/c1-15(2)14-20-18(23)19(4,5)22-11-9-21(10-12-22)17-8-6-7-16(3)13-17/h6-8,13,15H,9-12,14H2,1-5H3,(H,20,23). The van der Waals surface area contributed by atoms with Gasteiger partial charge in [-0.25, -0.2) is 0 Å². The summed E-state index contributed by atoms with van der Waals surface area (Å²) < 4.78 is 0. The molecular formula is C19H31N3O. The van der Waals surface area contributed by atoms with Gasteiger partial charge in [-0.05, 0) is 44.4 Å². The van der Waals surface area contributed by atoms with E-state index in [1.54, 1.807) is 0 Å². The van der Waals surface area contributed by atoms with E-state index in [1.807, 2.05) is 13.8 Å². The average molecular weight is 317 g/mol. The van der Waals surface area contributed by atoms with Gasteiger partial charge in [0, 0.05) is 38.4 Å². The Morgan fingerprint density at radius 2 is 1.87 bits per heavy atom. The largest absolute Gasteiger partial charge is 0.369 e. The zero-order valence-corrected chi connectivity index (χ0v) is 15.2. The molecule has 0 unspecified atom stereocenters. The van der Waals surface area contributed by atoms with Gasteiger partial charge in [-0.1, -0.05) is 26.0 Å². The molecule has 1 heterocycles. The quantitative estimate of drug-likeness (QED) is 0.907. The molecule has 128 valence electrons. The van der Waals surface area contributed by atoms with Crippen molar-refractivity contribution in [2.45, 2.75) is 40.2 Å². The van der Waals surface area contributed by atoms with Gasteiger partial charge in [0.2, 0.25) is 5.91 Å². The number of aryl methyl sites for hydroxylation is 1. The van der Waals surface area contributed by atoms with E-state index in [2.05, 4.69) is 60.2 Å². The van der Waals surface area contributed by atoms with Crippen LogP contribution in [0.4, 0.5) is 5.69 Å². The molecule has 0 aliphatic carbocycles. The minimum absolute atomic E-state index is 0.134. The minimum atomic E-state index is -0.451. The van der Waals surface area contributed by atoms with Gasteiger partial charge in [0.25, 0.3) is 0 Å². The maximum Gasteiger partial charge on any atom is 0.239 e. The zero-order chi connectivity index (χ0) is 17.0. The van der Waals surface area contributed by atoms with Crippen LogP contribution >= 0.6 is 0 Å². The molecule has 0 aromatic heterocycles. The van der Waals surface area contributed by atoms with Crippen molar-refractivity contribution in [1.29, 1.82) is 0 Å². The molecular weight excluding hydrogens is 286 g/mol. The van der Waals surface area contributed by atoms with Crippen molar-refractivity contribution < 1.29 is 4.79 Å². The van der Waals surface area contributed by atoms with Crippen LogP contribution in [0.25, 0.3) is 0 Å². The maximum atomic E-state index is 12.5. The van der Waals surface area contributed by atoms with E-state index in [9.17, 15) is 4.79 Å². The minimum Gasteiger partial charge on any atom is -0.369 e. The van der Waals surface area contributed by atoms with Crippen LogP contribution in [-0.2, 0) is 4.79 Å². The number of hydrogen-bond donors (Lipinski definition) is 1. The molecule has 0 saturated carbocycles. The molecule has 1 saturated heterocycles. The lowest BCUT2D eigenvalue weighted by Crippen LogP contribution is -2.60. The third kappa shape index (κ3) is 4.47. The Hall–Kier alpha value is -1.55. The third-order valence-corrected chi connectivity index (χ3v) is 4.66. The van der Waals surface area contributed by atoms with Gasteiger partial charge in [-0.3, -0.25) is 9.69 Å². The summed E-state index contributed by atoms with van der Waals surface area (Å²) in [4.78, 5) is 17.2. The highest BCUT2D eigenvalue weighted by atomic mass is 16.2. The van der Waals surface area contributed by atoms with Crippen LogP contribution in [0.2, 0.25) is 0 Å². The summed E-state index contributed by atoms with van der Waals surface area (Å²) in [6, 6.07) is 8.64. The Bertz CT molecular complexity index is 531. The molecule has 0 spiro atoms. The van der Waals surface area contributed by atoms with Crippen molar-refractivity contribution in [3.8, 4) is 0 Å². The second kappa shape index (κ2) is 7.35. The first-order chi connectivity index (χ1) is 10.8. The fourth-order valence-electron chi connectivity index (χ4n) is 3.01. The van der Waals surface area contributed by atoms with E-state index >= 15 is 0 Å². The lowest BCUT2D eigenvalue weighted by atomic mass is 9.99. The number of carbonyl (C=O) groups is 1. The van der Waals surface area contributed by atoms with Gasteiger partial charge in [-0.15, -0.1) is 0 Å². The second-order valence-corrected chi connectivity index (χ2v) is 7.48. The topological polar surface area (TPSA) is 35.6 Å². The molecule has 0 bridgehead atoms. The van der Waals surface area contributed by atoms with Gasteiger partial charge in [0.15, 0.2) is 0 Å². The van der Waals surface area contributed by atoms with Gasteiger partial charge in [-0.2, -0.15) is 0 Å². The van der Waals surface area contributed by atoms with Crippen LogP contribution in [0.15, 0.2) is 24.3 Å². The summed E-state index contributed by atoms with van der Waals surface area (Å²) in [5, 5.41) is 3.08. The third-order valence-electron chi connectivity index (χ3n) is 4.66. The average Bonchev–Trinajstić information content (AvgIpc) is 2.52. The summed E-state index contributed by atoms with van der Waals surface area (Å²) in [7, 11) is 0. The number of amides is 1. The molecule has 1 amide bonds. The van der Waals surface area contributed by atoms with Crippen LogP contribution in [0, 0.1) is 12.8 Å². The van der Waals surface area contributed by atoms with Crippen LogP contribution in [0.3, 0.4) is 0 Å². The van der Waals surface area contributed by atoms with Gasteiger partial charge in [0.05, 0.1) is 5.54 Å². The molecule has 4 heteroatoms. The Kier molecular flexibility index (Phi) is 5.69. The molecule has 1 fully saturated rings. The molecule has 1 aliphatic rings. The van der Waals surface area contributed by atoms with Crippen molar-refractivity contribution in [2.75, 3.05) is 37.6 Å². The Labute approximate surface area is 140 Å². The van der Waals surface area contributed by atoms with Crippen molar-refractivity contribution >= 4 is 11.6 Å². The lowest BCUT2D eigenvalue weighted by molar-refractivity contribution is -0.132. The molecule has 4 nitrogen and oxygen atoms in total. The van der Waals surface area contributed by atoms with Crippen LogP contribution in [0.5, 0.6) is 0 Å². The van der Waals surface area contributed by atoms with E-state index in [0.29, 0.717) is 5.92 Å². The number of nitrogens with one attached hydrogen (secondary N) is 1. The number of nitrogens with zero attached hydrogens (tertiary/aromatic N) is 2. The van der Waals surface area contributed by atoms with E-state index in [-0.39, 0.29) is 5.91 Å². The number of piperazine rings is 1. The summed E-state index contributed by atoms with van der Waals surface area (Å²) in [6.07, 6.45) is 0. The van der Waals surface area contributed by atoms with Gasteiger partial charge < -0.3 is 10.2 Å². The SMILES string of the molecule is Cc1cccc(N2CCN(C(C)(C)C(=O)NCC(C)C)CC2)c1. The van der Waals surface area contributed by atoms with Crippen LogP contribution in [-0.4, -0.2) is 49.1 Å². The van der Waals surface area contributed by atoms with E-state index in [1.165, 1.54) is 11.3 Å². The predicted octanol–water partition coefficient (Wildman–Crippen LogP) is 2.67. The first-order valence-electron chi connectivity index (χ1n) is 8.65. The first kappa shape index (κ1) is 17.8. The maximum absolute atomic E-state index is 12.5. The fraction of sp³-hybridized carbons (Fsp3) is 0.632. The molecule has 23 heavy (non-hydrogen) atoms. The normalized spacial score (nSPS) is 16.7. The van der Waals surface area contributed by atoms with Crippen LogP contribution in [0.1, 0.15) is 33.3 Å². The molecule has 1 aromatic carbocycles. The van der Waals surface area contributed by atoms with E-state index in [4.69, 9.17) is 0 Å². The predicted molar refractivity (Wildman–Crippen MR) is 96.9 cm³/mol. The highest BCUT2D eigenvalue weighted by Crippen LogP contribution is 2.22. The molecule has 1 aromatic rings. The number of carbonyl (C=O) groups excluding carboxylic acids is 1. The van der Waals surface area contributed by atoms with E-state index in [0.717, 1.165) is 32.7 Å². The molecule has 0 radical (unpaired) electrons. The Morgan fingerprint density at radius 3 is 2.43 bits per heavy atom. The number of rotatable bonds is 5. The molecule has 0 atom stereocenters. The van der Waals surface area contributed by atoms with Crippen molar-refractivity contribution in [2.24, 2.45) is 5.92 Å². The first-order valence-corrected chi connectivity index (χ1v) is 8.65. The zero-order valence-electron chi connectivity index (χ0n) is 15.2. The van der Waals surface area contributed by atoms with Gasteiger partial charge in [0.1, 0.15) is 0 Å². The highest BCUT2D eigenvalue weighted by Gasteiger charge is 2.36. The molecule has 1 N–H and O–H groups in total. The monoisotopic (exact) mass is 317 g/mol. The molecule has 1 aliphatic heterocycles. The fourth-order valence-corrected chi connectivity index (χ4v) is 3.01.